The molecule has 1 aromatic rings. The van der Waals surface area contributed by atoms with E-state index < -0.39 is 0 Å². The summed E-state index contributed by atoms with van der Waals surface area (Å²) in [6, 6.07) is 7.16. The summed E-state index contributed by atoms with van der Waals surface area (Å²) in [5.74, 6) is 3.00. The van der Waals surface area contributed by atoms with Crippen LogP contribution in [0.2, 0.25) is 0 Å². The van der Waals surface area contributed by atoms with Gasteiger partial charge in [0.15, 0.2) is 0 Å². The monoisotopic (exact) mass is 238 g/mol. The molecule has 0 saturated carbocycles. The fraction of sp³-hybridized carbons (Fsp3) is 0.250. The summed E-state index contributed by atoms with van der Waals surface area (Å²) < 4.78 is 9.82. The number of rotatable bonds is 4. The van der Waals surface area contributed by atoms with E-state index in [1.165, 1.54) is 7.11 Å². The second-order valence-corrected chi connectivity index (χ2v) is 3.15. The van der Waals surface area contributed by atoms with Crippen molar-refractivity contribution in [3.05, 3.63) is 29.8 Å². The molecule has 0 aliphatic rings. The predicted octanol–water partition coefficient (Wildman–Crippen LogP) is 1.98. The molecule has 0 aliphatic heterocycles. The molecule has 0 radical (unpaired) electrons. The molecule has 3 nitrogen and oxygen atoms in total. The number of halogens is 1. The highest BCUT2D eigenvalue weighted by Crippen LogP contribution is 2.12. The van der Waals surface area contributed by atoms with E-state index >= 15 is 0 Å². The third-order valence-corrected chi connectivity index (χ3v) is 2.01. The molecule has 0 spiro atoms. The summed E-state index contributed by atoms with van der Waals surface area (Å²) in [5, 5.41) is 2.22. The van der Waals surface area contributed by atoms with Crippen molar-refractivity contribution in [3.8, 4) is 17.0 Å². The summed E-state index contributed by atoms with van der Waals surface area (Å²) in [5.41, 5.74) is 0.877. The first kappa shape index (κ1) is 12.4. The maximum absolute atomic E-state index is 11.0. The fourth-order valence-corrected chi connectivity index (χ4v) is 1.14. The van der Waals surface area contributed by atoms with Gasteiger partial charge in [0.2, 0.25) is 0 Å². The highest BCUT2D eigenvalue weighted by atomic mass is 35.5. The summed E-state index contributed by atoms with van der Waals surface area (Å²) >= 11 is 5.17. The van der Waals surface area contributed by atoms with Crippen LogP contribution in [0.5, 0.6) is 5.75 Å². The lowest BCUT2D eigenvalue weighted by Crippen LogP contribution is -2.04. The standard InChI is InChI=1S/C12H11ClO3/c1-15-12(14)9-10-3-5-11(6-4-10)16-8-2-7-13/h3-6H,8-9H2,1H3. The highest BCUT2D eigenvalue weighted by molar-refractivity contribution is 6.30. The molecule has 0 aromatic heterocycles. The molecule has 4 heteroatoms. The second kappa shape index (κ2) is 6.76. The number of carbonyl (C=O) groups is 1. The molecule has 16 heavy (non-hydrogen) atoms. The van der Waals surface area contributed by atoms with Crippen molar-refractivity contribution in [3.63, 3.8) is 0 Å². The van der Waals surface area contributed by atoms with E-state index in [4.69, 9.17) is 16.3 Å². The minimum absolute atomic E-state index is 0.250. The molecule has 0 bridgehead atoms. The predicted molar refractivity (Wildman–Crippen MR) is 61.3 cm³/mol. The lowest BCUT2D eigenvalue weighted by atomic mass is 10.1. The second-order valence-electron chi connectivity index (χ2n) is 2.96. The Balaban J connectivity index is 2.52. The molecule has 0 aliphatic carbocycles. The molecular formula is C12H11ClO3. The Morgan fingerprint density at radius 3 is 2.62 bits per heavy atom. The third-order valence-electron chi connectivity index (χ3n) is 1.88. The largest absolute Gasteiger partial charge is 0.481 e. The van der Waals surface area contributed by atoms with Crippen LogP contribution in [0.15, 0.2) is 24.3 Å². The van der Waals surface area contributed by atoms with Crippen LogP contribution >= 0.6 is 11.6 Å². The molecule has 0 unspecified atom stereocenters. The van der Waals surface area contributed by atoms with Crippen LogP contribution in [0, 0.1) is 11.3 Å². The van der Waals surface area contributed by atoms with Gasteiger partial charge in [0.05, 0.1) is 13.5 Å². The minimum Gasteiger partial charge on any atom is -0.481 e. The summed E-state index contributed by atoms with van der Waals surface area (Å²) in [6.07, 6.45) is 0.262. The SMILES string of the molecule is COC(=O)Cc1ccc(OCC#CCl)cc1. The van der Waals surface area contributed by atoms with Crippen molar-refractivity contribution in [2.75, 3.05) is 13.7 Å². The number of benzene rings is 1. The van der Waals surface area contributed by atoms with Gasteiger partial charge in [-0.25, -0.2) is 0 Å². The molecule has 1 aromatic carbocycles. The van der Waals surface area contributed by atoms with Gasteiger partial charge >= 0.3 is 5.97 Å². The van der Waals surface area contributed by atoms with Gasteiger partial charge < -0.3 is 9.47 Å². The molecule has 0 heterocycles. The molecule has 1 rings (SSSR count). The Kier molecular flexibility index (Phi) is 5.24. The Morgan fingerprint density at radius 1 is 1.38 bits per heavy atom. The zero-order chi connectivity index (χ0) is 11.8. The third kappa shape index (κ3) is 4.24. The first-order chi connectivity index (χ1) is 7.76. The van der Waals surface area contributed by atoms with E-state index in [0.717, 1.165) is 5.56 Å². The van der Waals surface area contributed by atoms with Crippen LogP contribution in [0.4, 0.5) is 0 Å². The molecule has 0 fully saturated rings. The van der Waals surface area contributed by atoms with Crippen LogP contribution in [-0.2, 0) is 16.0 Å². The number of esters is 1. The van der Waals surface area contributed by atoms with E-state index in [1.807, 2.05) is 0 Å². The van der Waals surface area contributed by atoms with Crippen molar-refractivity contribution >= 4 is 17.6 Å². The fourth-order valence-electron chi connectivity index (χ4n) is 1.09. The summed E-state index contributed by atoms with van der Waals surface area (Å²) in [6.45, 7) is 0.250. The van der Waals surface area contributed by atoms with Crippen LogP contribution in [0.25, 0.3) is 0 Å². The Hall–Kier alpha value is -1.66. The van der Waals surface area contributed by atoms with Crippen LogP contribution in [-0.4, -0.2) is 19.7 Å². The maximum Gasteiger partial charge on any atom is 0.309 e. The Labute approximate surface area is 99.3 Å². The normalized spacial score (nSPS) is 8.88. The molecular weight excluding hydrogens is 228 g/mol. The van der Waals surface area contributed by atoms with Crippen molar-refractivity contribution < 1.29 is 14.3 Å². The highest BCUT2D eigenvalue weighted by Gasteiger charge is 2.02. The molecule has 0 saturated heterocycles. The average molecular weight is 239 g/mol. The van der Waals surface area contributed by atoms with Gasteiger partial charge in [-0.1, -0.05) is 12.1 Å². The number of carbonyl (C=O) groups excluding carboxylic acids is 1. The average Bonchev–Trinajstić information content (AvgIpc) is 2.31. The van der Waals surface area contributed by atoms with E-state index in [0.29, 0.717) is 5.75 Å². The Morgan fingerprint density at radius 2 is 2.06 bits per heavy atom. The number of hydrogen-bond acceptors (Lipinski definition) is 3. The van der Waals surface area contributed by atoms with Gasteiger partial charge in [-0.2, -0.15) is 0 Å². The summed E-state index contributed by atoms with van der Waals surface area (Å²) in [7, 11) is 1.37. The van der Waals surface area contributed by atoms with Crippen molar-refractivity contribution in [1.82, 2.24) is 0 Å². The van der Waals surface area contributed by atoms with Crippen molar-refractivity contribution in [2.45, 2.75) is 6.42 Å². The lowest BCUT2D eigenvalue weighted by Gasteiger charge is -2.03. The van der Waals surface area contributed by atoms with Gasteiger partial charge in [0.1, 0.15) is 12.4 Å². The molecule has 0 N–H and O–H groups in total. The van der Waals surface area contributed by atoms with Gasteiger partial charge in [-0.3, -0.25) is 4.79 Å². The molecule has 84 valence electrons. The summed E-state index contributed by atoms with van der Waals surface area (Å²) in [4.78, 5) is 11.0. The van der Waals surface area contributed by atoms with Gasteiger partial charge in [-0.15, -0.1) is 0 Å². The van der Waals surface area contributed by atoms with Gasteiger partial charge in [0, 0.05) is 5.38 Å². The zero-order valence-corrected chi connectivity index (χ0v) is 9.58. The van der Waals surface area contributed by atoms with E-state index in [9.17, 15) is 4.79 Å². The first-order valence-electron chi connectivity index (χ1n) is 4.63. The number of methoxy groups -OCH3 is 1. The van der Waals surface area contributed by atoms with Crippen LogP contribution in [0.1, 0.15) is 5.56 Å². The van der Waals surface area contributed by atoms with Crippen molar-refractivity contribution in [2.24, 2.45) is 0 Å². The van der Waals surface area contributed by atoms with Gasteiger partial charge in [0.25, 0.3) is 0 Å². The van der Waals surface area contributed by atoms with Gasteiger partial charge in [-0.05, 0) is 35.2 Å². The van der Waals surface area contributed by atoms with Crippen LogP contribution in [0.3, 0.4) is 0 Å². The number of ether oxygens (including phenoxy) is 2. The zero-order valence-electron chi connectivity index (χ0n) is 8.83. The van der Waals surface area contributed by atoms with E-state index in [-0.39, 0.29) is 19.0 Å². The smallest absolute Gasteiger partial charge is 0.309 e. The Bertz CT molecular complexity index is 401. The lowest BCUT2D eigenvalue weighted by molar-refractivity contribution is -0.139. The number of hydrogen-bond donors (Lipinski definition) is 0. The van der Waals surface area contributed by atoms with E-state index in [1.54, 1.807) is 24.3 Å². The topological polar surface area (TPSA) is 35.5 Å². The van der Waals surface area contributed by atoms with Crippen LogP contribution < -0.4 is 4.74 Å². The minimum atomic E-state index is -0.262. The maximum atomic E-state index is 11.0. The van der Waals surface area contributed by atoms with Crippen molar-refractivity contribution in [1.29, 1.82) is 0 Å². The first-order valence-corrected chi connectivity index (χ1v) is 5.01. The van der Waals surface area contributed by atoms with E-state index in [2.05, 4.69) is 16.0 Å². The molecule has 0 amide bonds. The molecule has 0 atom stereocenters. The quantitative estimate of drug-likeness (QED) is 0.594.